The van der Waals surface area contributed by atoms with E-state index in [9.17, 15) is 0 Å². The second kappa shape index (κ2) is 9.26. The highest BCUT2D eigenvalue weighted by molar-refractivity contribution is 5.79. The summed E-state index contributed by atoms with van der Waals surface area (Å²) >= 11 is 0. The first-order chi connectivity index (χ1) is 13.2. The molecule has 1 fully saturated rings. The van der Waals surface area contributed by atoms with Crippen LogP contribution >= 0.6 is 0 Å². The third kappa shape index (κ3) is 5.88. The Hall–Kier alpha value is -2.76. The molecule has 2 aromatic rings. The Balaban J connectivity index is 1.53. The van der Waals surface area contributed by atoms with Crippen molar-refractivity contribution >= 4 is 11.8 Å². The molecule has 1 aromatic heterocycles. The normalized spacial score (nSPS) is 14.0. The lowest BCUT2D eigenvalue weighted by atomic mass is 10.2. The number of guanidine groups is 1. The molecular weight excluding hydrogens is 338 g/mol. The number of aliphatic imine (C=N–C) groups is 1. The second-order valence-corrected chi connectivity index (χ2v) is 7.06. The van der Waals surface area contributed by atoms with Gasteiger partial charge in [0, 0.05) is 46.0 Å². The molecule has 0 saturated heterocycles. The van der Waals surface area contributed by atoms with Crippen molar-refractivity contribution in [2.24, 2.45) is 10.9 Å². The third-order valence-electron chi connectivity index (χ3n) is 4.54. The van der Waals surface area contributed by atoms with E-state index in [0.717, 1.165) is 41.2 Å². The van der Waals surface area contributed by atoms with Gasteiger partial charge in [0.2, 0.25) is 0 Å². The molecule has 1 aliphatic rings. The molecule has 1 saturated carbocycles. The van der Waals surface area contributed by atoms with Crippen molar-refractivity contribution in [2.75, 3.05) is 32.6 Å². The van der Waals surface area contributed by atoms with Crippen LogP contribution in [0.15, 0.2) is 47.6 Å². The summed E-state index contributed by atoms with van der Waals surface area (Å²) in [6.07, 6.45) is 4.42. The first-order valence-electron chi connectivity index (χ1n) is 9.43. The van der Waals surface area contributed by atoms with Crippen LogP contribution in [0.3, 0.4) is 0 Å². The molecule has 0 spiro atoms. The quantitative estimate of drug-likeness (QED) is 0.555. The molecule has 1 aromatic carbocycles. The maximum absolute atomic E-state index is 5.98. The molecule has 1 heterocycles. The number of benzene rings is 1. The highest BCUT2D eigenvalue weighted by atomic mass is 16.5. The molecule has 0 unspecified atom stereocenters. The average molecular weight is 367 g/mol. The van der Waals surface area contributed by atoms with E-state index in [-0.39, 0.29) is 0 Å². The van der Waals surface area contributed by atoms with Gasteiger partial charge in [0.1, 0.15) is 11.6 Å². The van der Waals surface area contributed by atoms with Gasteiger partial charge in [0.05, 0.1) is 6.61 Å². The minimum Gasteiger partial charge on any atom is -0.493 e. The zero-order chi connectivity index (χ0) is 19.1. The van der Waals surface area contributed by atoms with Crippen LogP contribution in [0, 0.1) is 5.92 Å². The summed E-state index contributed by atoms with van der Waals surface area (Å²) in [6, 6.07) is 12.3. The van der Waals surface area contributed by atoms with Crippen molar-refractivity contribution in [1.82, 2.24) is 15.6 Å². The largest absolute Gasteiger partial charge is 0.493 e. The van der Waals surface area contributed by atoms with Crippen LogP contribution in [0.5, 0.6) is 5.75 Å². The lowest BCUT2D eigenvalue weighted by molar-refractivity contribution is 0.296. The predicted molar refractivity (Wildman–Crippen MR) is 110 cm³/mol. The number of rotatable bonds is 8. The molecule has 2 N–H and O–H groups in total. The van der Waals surface area contributed by atoms with Gasteiger partial charge in [-0.25, -0.2) is 4.98 Å². The van der Waals surface area contributed by atoms with Gasteiger partial charge in [-0.3, -0.25) is 4.99 Å². The number of para-hydroxylation sites is 1. The molecule has 0 amide bonds. The summed E-state index contributed by atoms with van der Waals surface area (Å²) in [5.41, 5.74) is 2.30. The zero-order valence-corrected chi connectivity index (χ0v) is 16.4. The zero-order valence-electron chi connectivity index (χ0n) is 16.4. The molecule has 27 heavy (non-hydrogen) atoms. The van der Waals surface area contributed by atoms with Gasteiger partial charge in [0.15, 0.2) is 5.96 Å². The first-order valence-corrected chi connectivity index (χ1v) is 9.43. The number of anilines is 1. The van der Waals surface area contributed by atoms with Crippen LogP contribution in [0.4, 0.5) is 5.82 Å². The van der Waals surface area contributed by atoms with Crippen molar-refractivity contribution in [2.45, 2.75) is 25.9 Å². The minimum atomic E-state index is 0.666. The van der Waals surface area contributed by atoms with Crippen molar-refractivity contribution in [3.05, 3.63) is 53.7 Å². The molecule has 1 aliphatic carbocycles. The fourth-order valence-corrected chi connectivity index (χ4v) is 2.68. The van der Waals surface area contributed by atoms with Crippen LogP contribution in [0.25, 0.3) is 0 Å². The Morgan fingerprint density at radius 3 is 2.70 bits per heavy atom. The van der Waals surface area contributed by atoms with Gasteiger partial charge in [0.25, 0.3) is 0 Å². The van der Waals surface area contributed by atoms with Gasteiger partial charge >= 0.3 is 0 Å². The monoisotopic (exact) mass is 367 g/mol. The molecule has 0 atom stereocenters. The van der Waals surface area contributed by atoms with Gasteiger partial charge in [-0.1, -0.05) is 18.2 Å². The van der Waals surface area contributed by atoms with E-state index in [4.69, 9.17) is 4.74 Å². The fraction of sp³-hybridized carbons (Fsp3) is 0.429. The number of hydrogen-bond acceptors (Lipinski definition) is 4. The van der Waals surface area contributed by atoms with Crippen molar-refractivity contribution in [1.29, 1.82) is 0 Å². The molecular formula is C21H29N5O. The van der Waals surface area contributed by atoms with Crippen LogP contribution < -0.4 is 20.3 Å². The topological polar surface area (TPSA) is 61.8 Å². The summed E-state index contributed by atoms with van der Waals surface area (Å²) in [7, 11) is 5.76. The summed E-state index contributed by atoms with van der Waals surface area (Å²) in [5.74, 6) is 3.40. The Kier molecular flexibility index (Phi) is 6.52. The molecule has 3 rings (SSSR count). The molecule has 144 valence electrons. The molecule has 0 bridgehead atoms. The predicted octanol–water partition coefficient (Wildman–Crippen LogP) is 2.80. The Bertz CT molecular complexity index is 771. The van der Waals surface area contributed by atoms with E-state index in [0.29, 0.717) is 13.1 Å². The molecule has 6 nitrogen and oxygen atoms in total. The summed E-state index contributed by atoms with van der Waals surface area (Å²) in [6.45, 7) is 2.17. The standard InChI is InChI=1S/C21H29N5O/c1-22-21(24-13-17-10-11-23-20(12-17)26(2)3)25-14-18-6-4-5-7-19(18)27-15-16-8-9-16/h4-7,10-12,16H,8-9,13-15H2,1-3H3,(H2,22,24,25). The summed E-state index contributed by atoms with van der Waals surface area (Å²) < 4.78 is 5.98. The van der Waals surface area contributed by atoms with Gasteiger partial charge < -0.3 is 20.3 Å². The first kappa shape index (κ1) is 19.0. The lowest BCUT2D eigenvalue weighted by Crippen LogP contribution is -2.36. The number of ether oxygens (including phenoxy) is 1. The van der Waals surface area contributed by atoms with Crippen LogP contribution in [0.1, 0.15) is 24.0 Å². The fourth-order valence-electron chi connectivity index (χ4n) is 2.68. The van der Waals surface area contributed by atoms with E-state index in [1.165, 1.54) is 12.8 Å². The average Bonchev–Trinajstić information content (AvgIpc) is 3.52. The number of pyridine rings is 1. The van der Waals surface area contributed by atoms with Crippen molar-refractivity contribution < 1.29 is 4.74 Å². The number of aromatic nitrogens is 1. The van der Waals surface area contributed by atoms with Crippen LogP contribution in [-0.4, -0.2) is 38.7 Å². The Morgan fingerprint density at radius 1 is 1.19 bits per heavy atom. The number of nitrogens with zero attached hydrogens (tertiary/aromatic N) is 3. The van der Waals surface area contributed by atoms with Crippen molar-refractivity contribution in [3.8, 4) is 5.75 Å². The van der Waals surface area contributed by atoms with Gasteiger partial charge in [-0.2, -0.15) is 0 Å². The lowest BCUT2D eigenvalue weighted by Gasteiger charge is -2.16. The van der Waals surface area contributed by atoms with E-state index >= 15 is 0 Å². The number of nitrogens with one attached hydrogen (secondary N) is 2. The molecule has 0 aliphatic heterocycles. The van der Waals surface area contributed by atoms with Gasteiger partial charge in [-0.15, -0.1) is 0 Å². The Morgan fingerprint density at radius 2 is 1.96 bits per heavy atom. The van der Waals surface area contributed by atoms with E-state index in [1.807, 2.05) is 49.5 Å². The van der Waals surface area contributed by atoms with Gasteiger partial charge in [-0.05, 0) is 42.5 Å². The molecule has 6 heteroatoms. The van der Waals surface area contributed by atoms with E-state index in [2.05, 4.69) is 32.7 Å². The number of hydrogen-bond donors (Lipinski definition) is 2. The summed E-state index contributed by atoms with van der Waals surface area (Å²) in [4.78, 5) is 10.7. The second-order valence-electron chi connectivity index (χ2n) is 7.06. The smallest absolute Gasteiger partial charge is 0.191 e. The van der Waals surface area contributed by atoms with E-state index in [1.54, 1.807) is 7.05 Å². The maximum atomic E-state index is 5.98. The third-order valence-corrected chi connectivity index (χ3v) is 4.54. The van der Waals surface area contributed by atoms with Crippen LogP contribution in [-0.2, 0) is 13.1 Å². The molecule has 0 radical (unpaired) electrons. The van der Waals surface area contributed by atoms with Crippen molar-refractivity contribution in [3.63, 3.8) is 0 Å². The van der Waals surface area contributed by atoms with E-state index < -0.39 is 0 Å². The Labute approximate surface area is 161 Å². The SMILES string of the molecule is CN=C(NCc1ccnc(N(C)C)c1)NCc1ccccc1OCC1CC1. The highest BCUT2D eigenvalue weighted by Gasteiger charge is 2.22. The summed E-state index contributed by atoms with van der Waals surface area (Å²) in [5, 5.41) is 6.72. The minimum absolute atomic E-state index is 0.666. The van der Waals surface area contributed by atoms with Crippen LogP contribution in [0.2, 0.25) is 0 Å². The maximum Gasteiger partial charge on any atom is 0.191 e. The highest BCUT2D eigenvalue weighted by Crippen LogP contribution is 2.30.